The van der Waals surface area contributed by atoms with Crippen molar-refractivity contribution in [2.24, 2.45) is 11.7 Å². The average molecular weight is 190 g/mol. The van der Waals surface area contributed by atoms with E-state index in [-0.39, 0.29) is 5.54 Å². The molecule has 0 aromatic carbocycles. The Bertz CT molecular complexity index is 296. The van der Waals surface area contributed by atoms with Crippen LogP contribution < -0.4 is 5.73 Å². The minimum atomic E-state index is -0.00560. The third-order valence-electron chi connectivity index (χ3n) is 3.50. The van der Waals surface area contributed by atoms with E-state index in [0.717, 1.165) is 18.5 Å². The Morgan fingerprint density at radius 2 is 2.43 bits per heavy atom. The molecule has 1 aliphatic rings. The van der Waals surface area contributed by atoms with E-state index < -0.39 is 0 Å². The standard InChI is InChI=1S/C12H18N2/c1-10-5-4-7-12(10,13)9-11-6-2-3-8-14-11/h2-3,6,8,10H,4-5,7,9,13H2,1H3. The summed E-state index contributed by atoms with van der Waals surface area (Å²) in [5, 5.41) is 0. The maximum absolute atomic E-state index is 6.39. The summed E-state index contributed by atoms with van der Waals surface area (Å²) in [4.78, 5) is 4.34. The third kappa shape index (κ3) is 1.80. The fraction of sp³-hybridized carbons (Fsp3) is 0.583. The number of hydrogen-bond donors (Lipinski definition) is 1. The van der Waals surface area contributed by atoms with Crippen LogP contribution in [-0.4, -0.2) is 10.5 Å². The minimum absolute atomic E-state index is 0.00560. The van der Waals surface area contributed by atoms with Gasteiger partial charge in [-0.15, -0.1) is 0 Å². The highest BCUT2D eigenvalue weighted by Crippen LogP contribution is 2.35. The fourth-order valence-electron chi connectivity index (χ4n) is 2.37. The van der Waals surface area contributed by atoms with Crippen LogP contribution in [0.5, 0.6) is 0 Å². The lowest BCUT2D eigenvalue weighted by molar-refractivity contribution is 0.333. The Morgan fingerprint density at radius 3 is 3.00 bits per heavy atom. The normalized spacial score (nSPS) is 32.0. The first kappa shape index (κ1) is 9.66. The molecule has 14 heavy (non-hydrogen) atoms. The van der Waals surface area contributed by atoms with Gasteiger partial charge in [-0.05, 0) is 30.9 Å². The number of nitrogens with zero attached hydrogens (tertiary/aromatic N) is 1. The van der Waals surface area contributed by atoms with Crippen LogP contribution in [-0.2, 0) is 6.42 Å². The molecule has 1 aliphatic carbocycles. The zero-order valence-corrected chi connectivity index (χ0v) is 8.74. The molecular formula is C12H18N2. The second-order valence-electron chi connectivity index (χ2n) is 4.52. The van der Waals surface area contributed by atoms with Crippen molar-refractivity contribution in [2.45, 2.75) is 38.1 Å². The van der Waals surface area contributed by atoms with Gasteiger partial charge in [0.15, 0.2) is 0 Å². The Hall–Kier alpha value is -0.890. The van der Waals surface area contributed by atoms with E-state index in [1.54, 1.807) is 0 Å². The Labute approximate surface area is 85.5 Å². The highest BCUT2D eigenvalue weighted by Gasteiger charge is 2.36. The second-order valence-corrected chi connectivity index (χ2v) is 4.52. The van der Waals surface area contributed by atoms with Crippen molar-refractivity contribution in [1.82, 2.24) is 4.98 Å². The van der Waals surface area contributed by atoms with E-state index in [2.05, 4.69) is 18.0 Å². The van der Waals surface area contributed by atoms with Gasteiger partial charge in [0.2, 0.25) is 0 Å². The molecule has 0 bridgehead atoms. The van der Waals surface area contributed by atoms with Crippen molar-refractivity contribution in [3.8, 4) is 0 Å². The number of nitrogens with two attached hydrogens (primary N) is 1. The van der Waals surface area contributed by atoms with E-state index in [1.165, 1.54) is 12.8 Å². The summed E-state index contributed by atoms with van der Waals surface area (Å²) in [5.41, 5.74) is 7.52. The first-order valence-electron chi connectivity index (χ1n) is 5.39. The monoisotopic (exact) mass is 190 g/mol. The SMILES string of the molecule is CC1CCCC1(N)Cc1ccccn1. The summed E-state index contributed by atoms with van der Waals surface area (Å²) in [5.74, 6) is 0.629. The van der Waals surface area contributed by atoms with Gasteiger partial charge in [-0.25, -0.2) is 0 Å². The van der Waals surface area contributed by atoms with Crippen LogP contribution in [0.3, 0.4) is 0 Å². The molecule has 2 heteroatoms. The van der Waals surface area contributed by atoms with Gasteiger partial charge in [-0.2, -0.15) is 0 Å². The molecule has 0 spiro atoms. The molecule has 2 unspecified atom stereocenters. The quantitative estimate of drug-likeness (QED) is 0.776. The average Bonchev–Trinajstić information content (AvgIpc) is 2.48. The van der Waals surface area contributed by atoms with Gasteiger partial charge in [-0.3, -0.25) is 4.98 Å². The molecule has 1 fully saturated rings. The predicted molar refractivity (Wildman–Crippen MR) is 57.9 cm³/mol. The van der Waals surface area contributed by atoms with Crippen molar-refractivity contribution in [3.05, 3.63) is 30.1 Å². The maximum Gasteiger partial charge on any atom is 0.0422 e. The van der Waals surface area contributed by atoms with Crippen LogP contribution >= 0.6 is 0 Å². The second kappa shape index (κ2) is 3.70. The molecule has 0 saturated heterocycles. The van der Waals surface area contributed by atoms with Gasteiger partial charge >= 0.3 is 0 Å². The molecule has 0 aliphatic heterocycles. The molecule has 2 atom stereocenters. The summed E-state index contributed by atoms with van der Waals surface area (Å²) < 4.78 is 0. The van der Waals surface area contributed by atoms with Crippen LogP contribution in [0, 0.1) is 5.92 Å². The molecule has 0 amide bonds. The summed E-state index contributed by atoms with van der Waals surface area (Å²) in [6.07, 6.45) is 6.45. The highest BCUT2D eigenvalue weighted by atomic mass is 14.8. The summed E-state index contributed by atoms with van der Waals surface area (Å²) in [6.45, 7) is 2.26. The van der Waals surface area contributed by atoms with Gasteiger partial charge in [-0.1, -0.05) is 19.4 Å². The first-order valence-corrected chi connectivity index (χ1v) is 5.39. The smallest absolute Gasteiger partial charge is 0.0422 e. The summed E-state index contributed by atoms with van der Waals surface area (Å²) >= 11 is 0. The fourth-order valence-corrected chi connectivity index (χ4v) is 2.37. The number of rotatable bonds is 2. The van der Waals surface area contributed by atoms with E-state index in [4.69, 9.17) is 5.73 Å². The lowest BCUT2D eigenvalue weighted by Gasteiger charge is -2.28. The van der Waals surface area contributed by atoms with Crippen molar-refractivity contribution in [1.29, 1.82) is 0 Å². The zero-order valence-electron chi connectivity index (χ0n) is 8.74. The number of pyridine rings is 1. The molecule has 1 saturated carbocycles. The highest BCUT2D eigenvalue weighted by molar-refractivity contribution is 5.10. The van der Waals surface area contributed by atoms with Gasteiger partial charge < -0.3 is 5.73 Å². The van der Waals surface area contributed by atoms with Crippen LogP contribution in [0.4, 0.5) is 0 Å². The van der Waals surface area contributed by atoms with E-state index >= 15 is 0 Å². The van der Waals surface area contributed by atoms with E-state index in [0.29, 0.717) is 5.92 Å². The molecule has 1 aromatic heterocycles. The van der Waals surface area contributed by atoms with Crippen LogP contribution in [0.1, 0.15) is 31.9 Å². The third-order valence-corrected chi connectivity index (χ3v) is 3.50. The van der Waals surface area contributed by atoms with E-state index in [1.807, 2.05) is 18.3 Å². The van der Waals surface area contributed by atoms with Crippen molar-refractivity contribution < 1.29 is 0 Å². The lowest BCUT2D eigenvalue weighted by Crippen LogP contribution is -2.44. The Morgan fingerprint density at radius 1 is 1.57 bits per heavy atom. The summed E-state index contributed by atoms with van der Waals surface area (Å²) in [6, 6.07) is 6.05. The van der Waals surface area contributed by atoms with E-state index in [9.17, 15) is 0 Å². The van der Waals surface area contributed by atoms with Gasteiger partial charge in [0.25, 0.3) is 0 Å². The van der Waals surface area contributed by atoms with Crippen molar-refractivity contribution >= 4 is 0 Å². The molecule has 0 radical (unpaired) electrons. The zero-order chi connectivity index (χ0) is 10.0. The number of hydrogen-bond acceptors (Lipinski definition) is 2. The Balaban J connectivity index is 2.10. The molecule has 1 heterocycles. The minimum Gasteiger partial charge on any atom is -0.325 e. The van der Waals surface area contributed by atoms with Gasteiger partial charge in [0.1, 0.15) is 0 Å². The predicted octanol–water partition coefficient (Wildman–Crippen LogP) is 2.14. The lowest BCUT2D eigenvalue weighted by atomic mass is 9.85. The molecule has 2 nitrogen and oxygen atoms in total. The van der Waals surface area contributed by atoms with Crippen molar-refractivity contribution in [2.75, 3.05) is 0 Å². The molecular weight excluding hydrogens is 172 g/mol. The number of aromatic nitrogens is 1. The largest absolute Gasteiger partial charge is 0.325 e. The van der Waals surface area contributed by atoms with Crippen molar-refractivity contribution in [3.63, 3.8) is 0 Å². The van der Waals surface area contributed by atoms with Crippen LogP contribution in [0.25, 0.3) is 0 Å². The van der Waals surface area contributed by atoms with Crippen LogP contribution in [0.15, 0.2) is 24.4 Å². The first-order chi connectivity index (χ1) is 6.71. The van der Waals surface area contributed by atoms with Crippen LogP contribution in [0.2, 0.25) is 0 Å². The van der Waals surface area contributed by atoms with Gasteiger partial charge in [0, 0.05) is 23.9 Å². The molecule has 76 valence electrons. The molecule has 2 N–H and O–H groups in total. The molecule has 1 aromatic rings. The topological polar surface area (TPSA) is 38.9 Å². The Kier molecular flexibility index (Phi) is 2.55. The van der Waals surface area contributed by atoms with Gasteiger partial charge in [0.05, 0.1) is 0 Å². The summed E-state index contributed by atoms with van der Waals surface area (Å²) in [7, 11) is 0. The maximum atomic E-state index is 6.39. The molecule has 2 rings (SSSR count).